The Morgan fingerprint density at radius 2 is 1.81 bits per heavy atom. The molecular formula is C21H29N3O3. The van der Waals surface area contributed by atoms with Crippen LogP contribution in [0.1, 0.15) is 30.9 Å². The molecule has 0 unspecified atom stereocenters. The number of carbonyl (C=O) groups excluding carboxylic acids is 2. The van der Waals surface area contributed by atoms with Gasteiger partial charge in [-0.05, 0) is 36.5 Å². The van der Waals surface area contributed by atoms with Gasteiger partial charge in [0.05, 0.1) is 13.2 Å². The highest BCUT2D eigenvalue weighted by molar-refractivity contribution is 5.78. The molecule has 6 heteroatoms. The number of nitrogens with zero attached hydrogens (tertiary/aromatic N) is 3. The van der Waals surface area contributed by atoms with Crippen molar-refractivity contribution < 1.29 is 14.3 Å². The van der Waals surface area contributed by atoms with E-state index in [1.54, 1.807) is 26.1 Å². The van der Waals surface area contributed by atoms with Gasteiger partial charge in [-0.25, -0.2) is 4.79 Å². The number of carbonyl (C=O) groups is 2. The summed E-state index contributed by atoms with van der Waals surface area (Å²) in [6.07, 6.45) is 3.10. The molecule has 0 bridgehead atoms. The van der Waals surface area contributed by atoms with Gasteiger partial charge in [-0.1, -0.05) is 12.1 Å². The molecule has 2 aliphatic heterocycles. The van der Waals surface area contributed by atoms with Crippen LogP contribution in [0.15, 0.2) is 24.3 Å². The van der Waals surface area contributed by atoms with Crippen molar-refractivity contribution in [2.45, 2.75) is 25.3 Å². The molecule has 2 heterocycles. The van der Waals surface area contributed by atoms with Crippen LogP contribution in [0.25, 0.3) is 0 Å². The second-order valence-electron chi connectivity index (χ2n) is 8.42. The summed E-state index contributed by atoms with van der Waals surface area (Å²) in [5.41, 5.74) is 1.12. The summed E-state index contributed by atoms with van der Waals surface area (Å²) < 4.78 is 5.28. The average molecular weight is 371 g/mol. The SMILES string of the molecule is COc1ccc([C@H]2[C@@H]3CN(C(=O)CC4CC4)C[C@@H]3CN2C(=O)N(C)C)cc1. The van der Waals surface area contributed by atoms with E-state index in [9.17, 15) is 9.59 Å². The van der Waals surface area contributed by atoms with Crippen molar-refractivity contribution in [1.29, 1.82) is 0 Å². The van der Waals surface area contributed by atoms with Crippen molar-refractivity contribution in [2.24, 2.45) is 17.8 Å². The highest BCUT2D eigenvalue weighted by Gasteiger charge is 2.50. The van der Waals surface area contributed by atoms with Gasteiger partial charge in [0.15, 0.2) is 0 Å². The lowest BCUT2D eigenvalue weighted by molar-refractivity contribution is -0.130. The first-order valence-electron chi connectivity index (χ1n) is 9.87. The highest BCUT2D eigenvalue weighted by atomic mass is 16.5. The summed E-state index contributed by atoms with van der Waals surface area (Å²) in [7, 11) is 5.25. The highest BCUT2D eigenvalue weighted by Crippen LogP contribution is 2.46. The number of benzene rings is 1. The molecule has 146 valence electrons. The first-order chi connectivity index (χ1) is 13.0. The van der Waals surface area contributed by atoms with Crippen molar-refractivity contribution >= 4 is 11.9 Å². The number of urea groups is 1. The number of hydrogen-bond donors (Lipinski definition) is 0. The van der Waals surface area contributed by atoms with Crippen LogP contribution >= 0.6 is 0 Å². The zero-order valence-electron chi connectivity index (χ0n) is 16.4. The lowest BCUT2D eigenvalue weighted by Gasteiger charge is -2.32. The van der Waals surface area contributed by atoms with E-state index in [0.717, 1.165) is 24.4 Å². The maximum atomic E-state index is 12.8. The van der Waals surface area contributed by atoms with Crippen LogP contribution in [0.3, 0.4) is 0 Å². The van der Waals surface area contributed by atoms with Crippen LogP contribution in [0, 0.1) is 17.8 Å². The molecule has 1 aromatic rings. The molecule has 1 saturated carbocycles. The Morgan fingerprint density at radius 3 is 2.41 bits per heavy atom. The van der Waals surface area contributed by atoms with Crippen LogP contribution in [0.5, 0.6) is 5.75 Å². The molecule has 3 aliphatic rings. The Morgan fingerprint density at radius 1 is 1.11 bits per heavy atom. The molecule has 4 rings (SSSR count). The Balaban J connectivity index is 1.56. The van der Waals surface area contributed by atoms with Gasteiger partial charge in [0.2, 0.25) is 5.91 Å². The average Bonchev–Trinajstić information content (AvgIpc) is 3.26. The van der Waals surface area contributed by atoms with Gasteiger partial charge in [-0.15, -0.1) is 0 Å². The summed E-state index contributed by atoms with van der Waals surface area (Å²) in [6.45, 7) is 2.25. The normalized spacial score (nSPS) is 26.9. The standard InChI is InChI=1S/C21H29N3O3/c1-22(2)21(26)24-12-16-11-23(19(25)10-14-4-5-14)13-18(16)20(24)15-6-8-17(27-3)9-7-15/h6-9,14,16,18,20H,4-5,10-13H2,1-3H3/t16-,18-,20+/m1/s1. The number of likely N-dealkylation sites (tertiary alicyclic amines) is 2. The third-order valence-corrected chi connectivity index (χ3v) is 6.26. The van der Waals surface area contributed by atoms with Gasteiger partial charge in [0.1, 0.15) is 5.75 Å². The Labute approximate surface area is 161 Å². The fraction of sp³-hybridized carbons (Fsp3) is 0.619. The van der Waals surface area contributed by atoms with E-state index in [4.69, 9.17) is 4.74 Å². The number of ether oxygens (including phenoxy) is 1. The predicted octanol–water partition coefficient (Wildman–Crippen LogP) is 2.61. The zero-order chi connectivity index (χ0) is 19.1. The van der Waals surface area contributed by atoms with E-state index >= 15 is 0 Å². The number of methoxy groups -OCH3 is 1. The Bertz CT molecular complexity index is 714. The second-order valence-corrected chi connectivity index (χ2v) is 8.42. The van der Waals surface area contributed by atoms with Crippen LogP contribution in [0.4, 0.5) is 4.79 Å². The van der Waals surface area contributed by atoms with Crippen LogP contribution < -0.4 is 4.74 Å². The monoisotopic (exact) mass is 371 g/mol. The molecule has 0 spiro atoms. The Hall–Kier alpha value is -2.24. The Kier molecular flexibility index (Phi) is 4.74. The molecule has 3 atom stereocenters. The minimum atomic E-state index is 0.00883. The van der Waals surface area contributed by atoms with E-state index < -0.39 is 0 Å². The first kappa shape index (κ1) is 18.1. The summed E-state index contributed by atoms with van der Waals surface area (Å²) in [5.74, 6) is 2.37. The van der Waals surface area contributed by atoms with E-state index in [2.05, 4.69) is 12.1 Å². The smallest absolute Gasteiger partial charge is 0.320 e. The van der Waals surface area contributed by atoms with Crippen molar-refractivity contribution in [1.82, 2.24) is 14.7 Å². The fourth-order valence-electron chi connectivity index (χ4n) is 4.63. The van der Waals surface area contributed by atoms with Crippen molar-refractivity contribution in [2.75, 3.05) is 40.8 Å². The lowest BCUT2D eigenvalue weighted by Crippen LogP contribution is -2.42. The zero-order valence-corrected chi connectivity index (χ0v) is 16.4. The van der Waals surface area contributed by atoms with Gasteiger partial charge in [0, 0.05) is 52.0 Å². The quantitative estimate of drug-likeness (QED) is 0.818. The molecule has 6 nitrogen and oxygen atoms in total. The van der Waals surface area contributed by atoms with Gasteiger partial charge in [-0.3, -0.25) is 4.79 Å². The minimum absolute atomic E-state index is 0.00883. The van der Waals surface area contributed by atoms with Crippen LogP contribution in [-0.2, 0) is 4.79 Å². The third kappa shape index (κ3) is 3.49. The lowest BCUT2D eigenvalue weighted by atomic mass is 9.89. The van der Waals surface area contributed by atoms with Crippen molar-refractivity contribution in [3.8, 4) is 5.75 Å². The maximum Gasteiger partial charge on any atom is 0.320 e. The molecule has 27 heavy (non-hydrogen) atoms. The summed E-state index contributed by atoms with van der Waals surface area (Å²) >= 11 is 0. The van der Waals surface area contributed by atoms with Crippen LogP contribution in [-0.4, -0.2) is 67.5 Å². The third-order valence-electron chi connectivity index (χ3n) is 6.26. The van der Waals surface area contributed by atoms with Gasteiger partial charge >= 0.3 is 6.03 Å². The second kappa shape index (κ2) is 7.06. The molecule has 3 amide bonds. The first-order valence-corrected chi connectivity index (χ1v) is 9.87. The number of hydrogen-bond acceptors (Lipinski definition) is 3. The molecule has 1 aromatic carbocycles. The summed E-state index contributed by atoms with van der Waals surface area (Å²) in [4.78, 5) is 31.1. The molecule has 0 radical (unpaired) electrons. The largest absolute Gasteiger partial charge is 0.497 e. The minimum Gasteiger partial charge on any atom is -0.497 e. The van der Waals surface area contributed by atoms with Crippen LogP contribution in [0.2, 0.25) is 0 Å². The fourth-order valence-corrected chi connectivity index (χ4v) is 4.63. The van der Waals surface area contributed by atoms with E-state index in [1.165, 1.54) is 12.8 Å². The van der Waals surface area contributed by atoms with Crippen molar-refractivity contribution in [3.05, 3.63) is 29.8 Å². The van der Waals surface area contributed by atoms with Gasteiger partial charge in [0.25, 0.3) is 0 Å². The number of rotatable bonds is 4. The summed E-state index contributed by atoms with van der Waals surface area (Å²) in [6, 6.07) is 8.06. The summed E-state index contributed by atoms with van der Waals surface area (Å²) in [5, 5.41) is 0. The molecule has 0 aromatic heterocycles. The predicted molar refractivity (Wildman–Crippen MR) is 102 cm³/mol. The maximum absolute atomic E-state index is 12.8. The molecule has 3 fully saturated rings. The van der Waals surface area contributed by atoms with E-state index in [-0.39, 0.29) is 12.1 Å². The molecular weight excluding hydrogens is 342 g/mol. The van der Waals surface area contributed by atoms with Gasteiger partial charge in [-0.2, -0.15) is 0 Å². The molecule has 2 saturated heterocycles. The van der Waals surface area contributed by atoms with E-state index in [0.29, 0.717) is 36.6 Å². The molecule has 0 N–H and O–H groups in total. The van der Waals surface area contributed by atoms with Crippen molar-refractivity contribution in [3.63, 3.8) is 0 Å². The van der Waals surface area contributed by atoms with Gasteiger partial charge < -0.3 is 19.4 Å². The number of amides is 3. The van der Waals surface area contributed by atoms with E-state index in [1.807, 2.05) is 21.9 Å². The topological polar surface area (TPSA) is 53.1 Å². The number of fused-ring (bicyclic) bond motifs is 1. The molecule has 1 aliphatic carbocycles.